The van der Waals surface area contributed by atoms with E-state index in [-0.39, 0.29) is 12.2 Å². The molecule has 6 heteroatoms. The highest BCUT2D eigenvalue weighted by Gasteiger charge is 2.14. The molecule has 1 amide bonds. The number of carbonyl (C=O) groups excluding carboxylic acids is 1. The standard InChI is InChI=1S/C11H26N2O3Si/c1-13(2)8-10(9-15-3)16-11(14)12-6-4-5-7-17/h10H,4-9H2,1-3,17H3,(H,12,14). The lowest BCUT2D eigenvalue weighted by Crippen LogP contribution is -2.37. The largest absolute Gasteiger partial charge is 0.442 e. The number of methoxy groups -OCH3 is 1. The molecule has 0 fully saturated rings. The van der Waals surface area contributed by atoms with Gasteiger partial charge >= 0.3 is 6.09 Å². The molecule has 0 aromatic heterocycles. The van der Waals surface area contributed by atoms with Gasteiger partial charge in [-0.25, -0.2) is 4.79 Å². The van der Waals surface area contributed by atoms with Crippen molar-refractivity contribution in [1.82, 2.24) is 10.2 Å². The van der Waals surface area contributed by atoms with Crippen molar-refractivity contribution in [2.75, 3.05) is 40.9 Å². The molecule has 1 N–H and O–H groups in total. The van der Waals surface area contributed by atoms with Gasteiger partial charge in [-0.1, -0.05) is 12.5 Å². The van der Waals surface area contributed by atoms with Crippen molar-refractivity contribution in [2.24, 2.45) is 0 Å². The first-order valence-electron chi connectivity index (χ1n) is 6.18. The number of unbranched alkanes of at least 4 members (excludes halogenated alkanes) is 1. The zero-order valence-corrected chi connectivity index (χ0v) is 13.5. The molecule has 0 aliphatic heterocycles. The molecule has 0 saturated heterocycles. The van der Waals surface area contributed by atoms with Crippen LogP contribution in [0.5, 0.6) is 0 Å². The van der Waals surface area contributed by atoms with E-state index >= 15 is 0 Å². The number of nitrogens with zero attached hydrogens (tertiary/aromatic N) is 1. The van der Waals surface area contributed by atoms with Crippen molar-refractivity contribution < 1.29 is 14.3 Å². The highest BCUT2D eigenvalue weighted by Crippen LogP contribution is 1.97. The normalized spacial score (nSPS) is 12.7. The van der Waals surface area contributed by atoms with Gasteiger partial charge in [0.1, 0.15) is 6.10 Å². The number of likely N-dealkylation sites (N-methyl/N-ethyl adjacent to an activating group) is 1. The lowest BCUT2D eigenvalue weighted by molar-refractivity contribution is 0.0263. The zero-order chi connectivity index (χ0) is 13.1. The Morgan fingerprint density at radius 1 is 1.41 bits per heavy atom. The summed E-state index contributed by atoms with van der Waals surface area (Å²) in [5, 5.41) is 2.76. The summed E-state index contributed by atoms with van der Waals surface area (Å²) < 4.78 is 10.3. The Bertz CT molecular complexity index is 203. The third-order valence-corrected chi connectivity index (χ3v) is 2.95. The zero-order valence-electron chi connectivity index (χ0n) is 11.5. The number of nitrogens with one attached hydrogen (secondary N) is 1. The third kappa shape index (κ3) is 10.3. The fourth-order valence-electron chi connectivity index (χ4n) is 1.48. The molecule has 0 rings (SSSR count). The predicted octanol–water partition coefficient (Wildman–Crippen LogP) is -0.147. The van der Waals surface area contributed by atoms with Gasteiger partial charge in [-0.15, -0.1) is 0 Å². The van der Waals surface area contributed by atoms with E-state index < -0.39 is 0 Å². The molecule has 0 bridgehead atoms. The number of ether oxygens (including phenoxy) is 2. The van der Waals surface area contributed by atoms with Crippen LogP contribution in [0.25, 0.3) is 0 Å². The van der Waals surface area contributed by atoms with Gasteiger partial charge in [-0.3, -0.25) is 0 Å². The average Bonchev–Trinajstić information content (AvgIpc) is 2.24. The lowest BCUT2D eigenvalue weighted by atomic mass is 10.3. The molecule has 0 aliphatic rings. The van der Waals surface area contributed by atoms with Gasteiger partial charge in [0.25, 0.3) is 0 Å². The van der Waals surface area contributed by atoms with Crippen molar-refractivity contribution in [3.8, 4) is 0 Å². The lowest BCUT2D eigenvalue weighted by Gasteiger charge is -2.20. The fourth-order valence-corrected chi connectivity index (χ4v) is 1.98. The minimum atomic E-state index is -0.345. The Morgan fingerprint density at radius 2 is 2.12 bits per heavy atom. The highest BCUT2D eigenvalue weighted by molar-refractivity contribution is 6.08. The topological polar surface area (TPSA) is 50.8 Å². The van der Waals surface area contributed by atoms with Crippen LogP contribution in [0.1, 0.15) is 12.8 Å². The van der Waals surface area contributed by atoms with Crippen LogP contribution >= 0.6 is 0 Å². The first-order valence-corrected chi connectivity index (χ1v) is 7.59. The Labute approximate surface area is 107 Å². The van der Waals surface area contributed by atoms with E-state index in [0.29, 0.717) is 19.7 Å². The van der Waals surface area contributed by atoms with E-state index in [2.05, 4.69) is 5.32 Å². The summed E-state index contributed by atoms with van der Waals surface area (Å²) in [6.07, 6.45) is 1.66. The molecular weight excluding hydrogens is 236 g/mol. The number of amides is 1. The van der Waals surface area contributed by atoms with Crippen LogP contribution in [0.15, 0.2) is 0 Å². The van der Waals surface area contributed by atoms with Crippen LogP contribution in [-0.2, 0) is 9.47 Å². The van der Waals surface area contributed by atoms with E-state index in [1.165, 1.54) is 22.7 Å². The molecule has 0 radical (unpaired) electrons. The summed E-state index contributed by atoms with van der Waals surface area (Å²) in [6.45, 7) is 1.79. The SMILES string of the molecule is COCC(CN(C)C)OC(=O)NCCCC[SiH3]. The minimum Gasteiger partial charge on any atom is -0.442 e. The average molecular weight is 262 g/mol. The quantitative estimate of drug-likeness (QED) is 0.464. The maximum Gasteiger partial charge on any atom is 0.407 e. The smallest absolute Gasteiger partial charge is 0.407 e. The number of carbonyl (C=O) groups is 1. The molecule has 0 spiro atoms. The Balaban J connectivity index is 3.78. The monoisotopic (exact) mass is 262 g/mol. The van der Waals surface area contributed by atoms with Crippen molar-refractivity contribution in [3.05, 3.63) is 0 Å². The second-order valence-electron chi connectivity index (χ2n) is 4.38. The van der Waals surface area contributed by atoms with Crippen LogP contribution in [-0.4, -0.2) is 68.2 Å². The molecular formula is C11H26N2O3Si. The van der Waals surface area contributed by atoms with Crippen LogP contribution < -0.4 is 5.32 Å². The Morgan fingerprint density at radius 3 is 2.65 bits per heavy atom. The molecule has 17 heavy (non-hydrogen) atoms. The summed E-state index contributed by atoms with van der Waals surface area (Å²) in [7, 11) is 6.72. The van der Waals surface area contributed by atoms with Gasteiger partial charge in [0.05, 0.1) is 6.61 Å². The van der Waals surface area contributed by atoms with Crippen molar-refractivity contribution >= 4 is 16.3 Å². The van der Waals surface area contributed by atoms with Gasteiger partial charge in [0, 0.05) is 30.4 Å². The number of hydrogen-bond acceptors (Lipinski definition) is 4. The summed E-state index contributed by atoms with van der Waals surface area (Å²) in [6, 6.07) is 1.28. The molecule has 0 aliphatic carbocycles. The second-order valence-corrected chi connectivity index (χ2v) is 5.38. The van der Waals surface area contributed by atoms with Crippen LogP contribution in [0.2, 0.25) is 6.04 Å². The maximum absolute atomic E-state index is 11.5. The maximum atomic E-state index is 11.5. The van der Waals surface area contributed by atoms with Crippen molar-refractivity contribution in [1.29, 1.82) is 0 Å². The van der Waals surface area contributed by atoms with Gasteiger partial charge in [-0.2, -0.15) is 0 Å². The summed E-state index contributed by atoms with van der Waals surface area (Å²) in [5.41, 5.74) is 0. The van der Waals surface area contributed by atoms with Crippen LogP contribution in [0.3, 0.4) is 0 Å². The first kappa shape index (κ1) is 16.4. The van der Waals surface area contributed by atoms with E-state index in [1.807, 2.05) is 19.0 Å². The first-order chi connectivity index (χ1) is 8.10. The molecule has 0 saturated carbocycles. The van der Waals surface area contributed by atoms with Gasteiger partial charge in [0.15, 0.2) is 0 Å². The van der Waals surface area contributed by atoms with E-state index in [4.69, 9.17) is 9.47 Å². The van der Waals surface area contributed by atoms with E-state index in [1.54, 1.807) is 7.11 Å². The molecule has 5 nitrogen and oxygen atoms in total. The van der Waals surface area contributed by atoms with Crippen LogP contribution in [0, 0.1) is 0 Å². The number of hydrogen-bond donors (Lipinski definition) is 1. The number of alkyl carbamates (subject to hydrolysis) is 1. The molecule has 102 valence electrons. The molecule has 0 aromatic rings. The highest BCUT2D eigenvalue weighted by atomic mass is 28.1. The molecule has 0 heterocycles. The van der Waals surface area contributed by atoms with Crippen molar-refractivity contribution in [2.45, 2.75) is 25.0 Å². The van der Waals surface area contributed by atoms with Crippen LogP contribution in [0.4, 0.5) is 4.79 Å². The van der Waals surface area contributed by atoms with Gasteiger partial charge in [0.2, 0.25) is 0 Å². The summed E-state index contributed by atoms with van der Waals surface area (Å²) >= 11 is 0. The Kier molecular flexibility index (Phi) is 10.2. The number of rotatable bonds is 9. The minimum absolute atomic E-state index is 0.214. The second kappa shape index (κ2) is 10.6. The van der Waals surface area contributed by atoms with E-state index in [9.17, 15) is 4.79 Å². The predicted molar refractivity (Wildman–Crippen MR) is 72.7 cm³/mol. The Hall–Kier alpha value is -0.593. The molecule has 1 atom stereocenters. The molecule has 0 aromatic carbocycles. The summed E-state index contributed by atoms with van der Waals surface area (Å²) in [5.74, 6) is 0. The van der Waals surface area contributed by atoms with E-state index in [0.717, 1.165) is 6.42 Å². The van der Waals surface area contributed by atoms with Crippen molar-refractivity contribution in [3.63, 3.8) is 0 Å². The third-order valence-electron chi connectivity index (χ3n) is 2.24. The molecule has 1 unspecified atom stereocenters. The van der Waals surface area contributed by atoms with Gasteiger partial charge in [-0.05, 0) is 20.5 Å². The van der Waals surface area contributed by atoms with Gasteiger partial charge < -0.3 is 19.7 Å². The summed E-state index contributed by atoms with van der Waals surface area (Å²) in [4.78, 5) is 13.4. The fraction of sp³-hybridized carbons (Fsp3) is 0.909.